The molecule has 0 aliphatic carbocycles. The maximum absolute atomic E-state index is 11.8. The highest BCUT2D eigenvalue weighted by Gasteiger charge is 2.29. The highest BCUT2D eigenvalue weighted by atomic mass is 35.5. The number of amidine groups is 1. The van der Waals surface area contributed by atoms with Crippen molar-refractivity contribution in [3.8, 4) is 5.75 Å². The van der Waals surface area contributed by atoms with Crippen LogP contribution in [0.2, 0.25) is 5.02 Å². The first kappa shape index (κ1) is 14.7. The number of anilines is 1. The molecule has 0 saturated carbocycles. The quantitative estimate of drug-likeness (QED) is 0.881. The van der Waals surface area contributed by atoms with Gasteiger partial charge >= 0.3 is 0 Å². The summed E-state index contributed by atoms with van der Waals surface area (Å²) in [6.07, 6.45) is 0.0113. The Morgan fingerprint density at radius 1 is 1.60 bits per heavy atom. The fraction of sp³-hybridized carbons (Fsp3) is 0.250. The van der Waals surface area contributed by atoms with Crippen LogP contribution in [0.3, 0.4) is 0 Å². The second-order valence-corrected chi connectivity index (χ2v) is 5.63. The Morgan fingerprint density at radius 2 is 2.35 bits per heavy atom. The second kappa shape index (κ2) is 6.15. The van der Waals surface area contributed by atoms with Crippen LogP contribution in [-0.4, -0.2) is 29.3 Å². The van der Waals surface area contributed by atoms with Gasteiger partial charge in [-0.25, -0.2) is 0 Å². The summed E-state index contributed by atoms with van der Waals surface area (Å²) < 4.78 is 5.02. The van der Waals surface area contributed by atoms with Crippen LogP contribution in [-0.2, 0) is 9.59 Å². The van der Waals surface area contributed by atoms with Gasteiger partial charge in [-0.05, 0) is 18.2 Å². The molecule has 6 nitrogen and oxygen atoms in total. The van der Waals surface area contributed by atoms with Crippen molar-refractivity contribution in [1.82, 2.24) is 0 Å². The highest BCUT2D eigenvalue weighted by Crippen LogP contribution is 2.28. The number of thioether (sulfide) groups is 1. The van der Waals surface area contributed by atoms with E-state index >= 15 is 0 Å². The number of carbonyl (C=O) groups excluding carboxylic acids is 2. The predicted octanol–water partition coefficient (Wildman–Crippen LogP) is 1.63. The van der Waals surface area contributed by atoms with Crippen LogP contribution in [0.4, 0.5) is 5.69 Å². The zero-order valence-electron chi connectivity index (χ0n) is 10.6. The molecule has 0 radical (unpaired) electrons. The number of nitrogens with one attached hydrogen (secondary N) is 1. The lowest BCUT2D eigenvalue weighted by Crippen LogP contribution is -2.21. The summed E-state index contributed by atoms with van der Waals surface area (Å²) in [5.74, 6) is -0.162. The summed E-state index contributed by atoms with van der Waals surface area (Å²) in [7, 11) is 1.51. The average Bonchev–Trinajstić information content (AvgIpc) is 2.68. The Labute approximate surface area is 124 Å². The number of amides is 2. The third-order valence-corrected chi connectivity index (χ3v) is 3.85. The van der Waals surface area contributed by atoms with Crippen LogP contribution >= 0.6 is 23.4 Å². The van der Waals surface area contributed by atoms with E-state index in [9.17, 15) is 9.59 Å². The Balaban J connectivity index is 1.95. The molecule has 1 heterocycles. The molecular formula is C12H12ClN3O3S. The number of ether oxygens (including phenoxy) is 1. The Bertz CT molecular complexity index is 591. The molecule has 8 heteroatoms. The number of benzene rings is 1. The molecule has 1 aromatic carbocycles. The molecular weight excluding hydrogens is 302 g/mol. The molecule has 1 aliphatic heterocycles. The van der Waals surface area contributed by atoms with Gasteiger partial charge in [-0.3, -0.25) is 9.59 Å². The molecule has 2 amide bonds. The third kappa shape index (κ3) is 3.43. The van der Waals surface area contributed by atoms with Crippen molar-refractivity contribution in [1.29, 1.82) is 0 Å². The summed E-state index contributed by atoms with van der Waals surface area (Å²) in [5, 5.41) is 2.70. The van der Waals surface area contributed by atoms with E-state index < -0.39 is 5.25 Å². The standard InChI is InChI=1S/C12H12ClN3O3S/c1-19-8-3-2-6(4-7(8)13)15-10(17)5-9-11(18)16-12(14)20-9/h2-4,9H,5H2,1H3,(H,15,17)(H2,14,16,18)/t9-/m1/s1. The monoisotopic (exact) mass is 313 g/mol. The number of aliphatic imine (C=N–C) groups is 1. The number of nitrogens with two attached hydrogens (primary N) is 1. The maximum atomic E-state index is 11.8. The van der Waals surface area contributed by atoms with Crippen molar-refractivity contribution in [3.63, 3.8) is 0 Å². The largest absolute Gasteiger partial charge is 0.495 e. The van der Waals surface area contributed by atoms with E-state index in [1.54, 1.807) is 18.2 Å². The molecule has 2 rings (SSSR count). The molecule has 3 N–H and O–H groups in total. The summed E-state index contributed by atoms with van der Waals surface area (Å²) in [5.41, 5.74) is 5.96. The molecule has 1 aliphatic rings. The minimum absolute atomic E-state index is 0.0113. The molecule has 1 aromatic rings. The van der Waals surface area contributed by atoms with Crippen molar-refractivity contribution in [2.45, 2.75) is 11.7 Å². The van der Waals surface area contributed by atoms with E-state index in [0.717, 1.165) is 11.8 Å². The van der Waals surface area contributed by atoms with E-state index in [1.165, 1.54) is 7.11 Å². The summed E-state index contributed by atoms with van der Waals surface area (Å²) in [6.45, 7) is 0. The fourth-order valence-corrected chi connectivity index (χ4v) is 2.74. The van der Waals surface area contributed by atoms with Crippen molar-refractivity contribution in [2.24, 2.45) is 10.7 Å². The molecule has 106 valence electrons. The number of methoxy groups -OCH3 is 1. The van der Waals surface area contributed by atoms with Crippen molar-refractivity contribution in [3.05, 3.63) is 23.2 Å². The zero-order chi connectivity index (χ0) is 14.7. The topological polar surface area (TPSA) is 93.8 Å². The first-order valence-corrected chi connectivity index (χ1v) is 6.93. The number of nitrogens with zero attached hydrogens (tertiary/aromatic N) is 1. The van der Waals surface area contributed by atoms with E-state index in [-0.39, 0.29) is 23.4 Å². The Hall–Kier alpha value is -1.73. The molecule has 0 aromatic heterocycles. The molecule has 0 saturated heterocycles. The lowest BCUT2D eigenvalue weighted by Gasteiger charge is -2.09. The van der Waals surface area contributed by atoms with Gasteiger partial charge in [0.1, 0.15) is 11.0 Å². The lowest BCUT2D eigenvalue weighted by molar-refractivity contribution is -0.121. The van der Waals surface area contributed by atoms with Crippen LogP contribution in [0, 0.1) is 0 Å². The van der Waals surface area contributed by atoms with Crippen LogP contribution in [0.5, 0.6) is 5.75 Å². The Kier molecular flexibility index (Phi) is 4.51. The van der Waals surface area contributed by atoms with Crippen molar-refractivity contribution >= 4 is 46.0 Å². The van der Waals surface area contributed by atoms with Gasteiger partial charge in [-0.15, -0.1) is 0 Å². The summed E-state index contributed by atoms with van der Waals surface area (Å²) >= 11 is 7.05. The van der Waals surface area contributed by atoms with Gasteiger partial charge in [0.15, 0.2) is 5.17 Å². The molecule has 0 bridgehead atoms. The average molecular weight is 314 g/mol. The third-order valence-electron chi connectivity index (χ3n) is 2.57. The smallest absolute Gasteiger partial charge is 0.262 e. The Morgan fingerprint density at radius 3 is 2.90 bits per heavy atom. The number of halogens is 1. The van der Waals surface area contributed by atoms with Gasteiger partial charge in [-0.1, -0.05) is 23.4 Å². The first-order chi connectivity index (χ1) is 9.49. The fourth-order valence-electron chi connectivity index (χ4n) is 1.66. The minimum Gasteiger partial charge on any atom is -0.495 e. The number of rotatable bonds is 4. The molecule has 0 spiro atoms. The van der Waals surface area contributed by atoms with Crippen LogP contribution in [0.15, 0.2) is 23.2 Å². The summed E-state index contributed by atoms with van der Waals surface area (Å²) in [6, 6.07) is 4.89. The van der Waals surface area contributed by atoms with Gasteiger partial charge in [0, 0.05) is 12.1 Å². The first-order valence-electron chi connectivity index (χ1n) is 5.67. The summed E-state index contributed by atoms with van der Waals surface area (Å²) in [4.78, 5) is 26.8. The van der Waals surface area contributed by atoms with Crippen molar-refractivity contribution < 1.29 is 14.3 Å². The van der Waals surface area contributed by atoms with Crippen LogP contribution < -0.4 is 15.8 Å². The number of hydrogen-bond donors (Lipinski definition) is 2. The highest BCUT2D eigenvalue weighted by molar-refractivity contribution is 8.15. The maximum Gasteiger partial charge on any atom is 0.262 e. The lowest BCUT2D eigenvalue weighted by atomic mass is 10.2. The molecule has 1 atom stereocenters. The van der Waals surface area contributed by atoms with E-state index in [2.05, 4.69) is 10.3 Å². The van der Waals surface area contributed by atoms with Crippen molar-refractivity contribution in [2.75, 3.05) is 12.4 Å². The SMILES string of the molecule is COc1ccc(NC(=O)C[C@H]2SC(N)=NC2=O)cc1Cl. The van der Waals surface area contributed by atoms with E-state index in [1.807, 2.05) is 0 Å². The zero-order valence-corrected chi connectivity index (χ0v) is 12.1. The van der Waals surface area contributed by atoms with E-state index in [0.29, 0.717) is 16.5 Å². The van der Waals surface area contributed by atoms with Gasteiger partial charge in [-0.2, -0.15) is 4.99 Å². The molecule has 20 heavy (non-hydrogen) atoms. The van der Waals surface area contributed by atoms with Crippen LogP contribution in [0.1, 0.15) is 6.42 Å². The number of carbonyl (C=O) groups is 2. The molecule has 0 fully saturated rings. The van der Waals surface area contributed by atoms with Gasteiger partial charge in [0.05, 0.1) is 12.1 Å². The normalized spacial score (nSPS) is 17.8. The predicted molar refractivity (Wildman–Crippen MR) is 79.3 cm³/mol. The van der Waals surface area contributed by atoms with Gasteiger partial charge < -0.3 is 15.8 Å². The minimum atomic E-state index is -0.552. The second-order valence-electron chi connectivity index (χ2n) is 4.00. The molecule has 0 unspecified atom stereocenters. The van der Waals surface area contributed by atoms with E-state index in [4.69, 9.17) is 22.1 Å². The number of hydrogen-bond acceptors (Lipinski definition) is 5. The van der Waals surface area contributed by atoms with Gasteiger partial charge in [0.2, 0.25) is 5.91 Å². The van der Waals surface area contributed by atoms with Crippen LogP contribution in [0.25, 0.3) is 0 Å². The van der Waals surface area contributed by atoms with Gasteiger partial charge in [0.25, 0.3) is 5.91 Å².